The summed E-state index contributed by atoms with van der Waals surface area (Å²) in [5.41, 5.74) is 3.10. The van der Waals surface area contributed by atoms with Crippen LogP contribution in [0.3, 0.4) is 0 Å². The van der Waals surface area contributed by atoms with Crippen LogP contribution in [0.4, 0.5) is 4.39 Å². The number of halogens is 1. The molecule has 1 atom stereocenters. The number of hydrogen-bond donors (Lipinski definition) is 1. The van der Waals surface area contributed by atoms with Gasteiger partial charge in [-0.3, -0.25) is 14.2 Å². The summed E-state index contributed by atoms with van der Waals surface area (Å²) in [5, 5.41) is 11.6. The van der Waals surface area contributed by atoms with Crippen molar-refractivity contribution in [2.24, 2.45) is 0 Å². The fourth-order valence-corrected chi connectivity index (χ4v) is 4.71. The second kappa shape index (κ2) is 9.47. The Kier molecular flexibility index (Phi) is 6.20. The first-order valence-electron chi connectivity index (χ1n) is 11.6. The molecule has 0 radical (unpaired) electrons. The minimum atomic E-state index is -0.921. The second-order valence-electron chi connectivity index (χ2n) is 8.95. The number of aromatic nitrogens is 1. The lowest BCUT2D eigenvalue weighted by atomic mass is 9.98. The molecule has 1 aliphatic rings. The van der Waals surface area contributed by atoms with Crippen molar-refractivity contribution < 1.29 is 28.7 Å². The van der Waals surface area contributed by atoms with E-state index in [1.165, 1.54) is 6.07 Å². The molecule has 3 aromatic carbocycles. The molecule has 8 heteroatoms. The molecule has 0 amide bonds. The molecule has 5 rings (SSSR count). The topological polar surface area (TPSA) is 81.0 Å². The molecule has 184 valence electrons. The van der Waals surface area contributed by atoms with Crippen LogP contribution in [-0.2, 0) is 11.2 Å². The summed E-state index contributed by atoms with van der Waals surface area (Å²) < 4.78 is 21.5. The van der Waals surface area contributed by atoms with Gasteiger partial charge >= 0.3 is 5.97 Å². The Bertz CT molecular complexity index is 1460. The standard InChI is InChI=1S/C28H25FN2O5/c1-17-15-30(36-25-8-4-6-23(29)27(17)25)16-35-21-11-9-19(10-12-21)28(34)31-18(2)13-22-20(14-26(32)33)5-3-7-24(22)31/h3-13,17H,14-16H2,1-2H3,(H,32,33). The summed E-state index contributed by atoms with van der Waals surface area (Å²) in [5.74, 6) is -0.410. The number of nitrogens with zero attached hydrogens (tertiary/aromatic N) is 2. The first-order chi connectivity index (χ1) is 17.3. The quantitative estimate of drug-likeness (QED) is 0.404. The van der Waals surface area contributed by atoms with Crippen molar-refractivity contribution in [2.75, 3.05) is 13.3 Å². The maximum Gasteiger partial charge on any atom is 0.307 e. The van der Waals surface area contributed by atoms with E-state index in [9.17, 15) is 19.1 Å². The fraction of sp³-hybridized carbons (Fsp3) is 0.214. The molecule has 4 aromatic rings. The Hall–Kier alpha value is -4.17. The molecule has 0 saturated heterocycles. The molecule has 1 aliphatic heterocycles. The van der Waals surface area contributed by atoms with Gasteiger partial charge < -0.3 is 14.7 Å². The third-order valence-electron chi connectivity index (χ3n) is 6.35. The Morgan fingerprint density at radius 3 is 2.61 bits per heavy atom. The summed E-state index contributed by atoms with van der Waals surface area (Å²) >= 11 is 0. The zero-order valence-electron chi connectivity index (χ0n) is 19.9. The van der Waals surface area contributed by atoms with Gasteiger partial charge in [-0.25, -0.2) is 4.39 Å². The van der Waals surface area contributed by atoms with Gasteiger partial charge in [0, 0.05) is 34.7 Å². The molecule has 0 fully saturated rings. The predicted octanol–water partition coefficient (Wildman–Crippen LogP) is 5.15. The zero-order chi connectivity index (χ0) is 25.4. The minimum absolute atomic E-state index is 0.0470. The van der Waals surface area contributed by atoms with Gasteiger partial charge in [-0.05, 0) is 61.0 Å². The highest BCUT2D eigenvalue weighted by Gasteiger charge is 2.27. The molecule has 0 aliphatic carbocycles. The van der Waals surface area contributed by atoms with E-state index in [2.05, 4.69) is 0 Å². The van der Waals surface area contributed by atoms with Gasteiger partial charge in [0.05, 0.1) is 11.9 Å². The van der Waals surface area contributed by atoms with Crippen LogP contribution in [0.1, 0.15) is 40.0 Å². The number of aliphatic carboxylic acids is 1. The molecule has 1 unspecified atom stereocenters. The highest BCUT2D eigenvalue weighted by Crippen LogP contribution is 2.34. The van der Waals surface area contributed by atoms with E-state index < -0.39 is 5.97 Å². The molecular weight excluding hydrogens is 463 g/mol. The van der Waals surface area contributed by atoms with Crippen molar-refractivity contribution >= 4 is 22.8 Å². The molecule has 7 nitrogen and oxygen atoms in total. The second-order valence-corrected chi connectivity index (χ2v) is 8.95. The summed E-state index contributed by atoms with van der Waals surface area (Å²) in [4.78, 5) is 30.3. The van der Waals surface area contributed by atoms with E-state index in [1.807, 2.05) is 26.0 Å². The monoisotopic (exact) mass is 488 g/mol. The largest absolute Gasteiger partial charge is 0.481 e. The number of hydroxylamine groups is 2. The average molecular weight is 489 g/mol. The fourth-order valence-electron chi connectivity index (χ4n) is 4.71. The van der Waals surface area contributed by atoms with Crippen molar-refractivity contribution in [2.45, 2.75) is 26.2 Å². The molecule has 1 aromatic heterocycles. The number of carboxylic acids is 1. The third-order valence-corrected chi connectivity index (χ3v) is 6.35. The average Bonchev–Trinajstić information content (AvgIpc) is 3.19. The molecule has 0 saturated carbocycles. The predicted molar refractivity (Wildman–Crippen MR) is 132 cm³/mol. The van der Waals surface area contributed by atoms with Crippen LogP contribution < -0.4 is 9.57 Å². The number of carboxylic acid groups (broad SMARTS) is 1. The number of rotatable bonds is 6. The Labute approximate surface area is 207 Å². The lowest BCUT2D eigenvalue weighted by molar-refractivity contribution is -0.136. The van der Waals surface area contributed by atoms with Gasteiger partial charge in [0.15, 0.2) is 12.5 Å². The minimum Gasteiger partial charge on any atom is -0.481 e. The van der Waals surface area contributed by atoms with Gasteiger partial charge in [0.1, 0.15) is 11.6 Å². The van der Waals surface area contributed by atoms with E-state index in [0.29, 0.717) is 40.3 Å². The summed E-state index contributed by atoms with van der Waals surface area (Å²) in [6, 6.07) is 18.8. The van der Waals surface area contributed by atoms with E-state index in [1.54, 1.807) is 58.2 Å². The molecule has 0 bridgehead atoms. The van der Waals surface area contributed by atoms with Gasteiger partial charge in [-0.2, -0.15) is 0 Å². The lowest BCUT2D eigenvalue weighted by Crippen LogP contribution is -2.38. The highest BCUT2D eigenvalue weighted by atomic mass is 19.1. The zero-order valence-corrected chi connectivity index (χ0v) is 19.9. The molecule has 36 heavy (non-hydrogen) atoms. The van der Waals surface area contributed by atoms with Crippen LogP contribution in [0.5, 0.6) is 11.5 Å². The smallest absolute Gasteiger partial charge is 0.307 e. The maximum absolute atomic E-state index is 14.1. The van der Waals surface area contributed by atoms with Crippen LogP contribution >= 0.6 is 0 Å². The Balaban J connectivity index is 1.29. The molecule has 2 heterocycles. The number of hydrogen-bond acceptors (Lipinski definition) is 5. The number of carbonyl (C=O) groups is 2. The highest BCUT2D eigenvalue weighted by molar-refractivity contribution is 6.04. The molecular formula is C28H25FN2O5. The van der Waals surface area contributed by atoms with Crippen molar-refractivity contribution in [1.29, 1.82) is 0 Å². The van der Waals surface area contributed by atoms with E-state index in [0.717, 1.165) is 11.1 Å². The van der Waals surface area contributed by atoms with Gasteiger partial charge in [-0.15, -0.1) is 5.06 Å². The number of carbonyl (C=O) groups excluding carboxylic acids is 1. The van der Waals surface area contributed by atoms with Gasteiger partial charge in [0.25, 0.3) is 5.91 Å². The molecule has 0 spiro atoms. The number of ether oxygens (including phenoxy) is 1. The normalized spacial score (nSPS) is 15.4. The number of fused-ring (bicyclic) bond motifs is 2. The number of aryl methyl sites for hydroxylation is 1. The van der Waals surface area contributed by atoms with Crippen molar-refractivity contribution in [3.63, 3.8) is 0 Å². The van der Waals surface area contributed by atoms with Crippen molar-refractivity contribution in [3.8, 4) is 11.5 Å². The van der Waals surface area contributed by atoms with Crippen LogP contribution in [0.15, 0.2) is 66.7 Å². The Morgan fingerprint density at radius 1 is 1.11 bits per heavy atom. The maximum atomic E-state index is 14.1. The summed E-state index contributed by atoms with van der Waals surface area (Å²) in [6.07, 6.45) is -0.110. The Morgan fingerprint density at radius 2 is 1.86 bits per heavy atom. The van der Waals surface area contributed by atoms with Gasteiger partial charge in [0.2, 0.25) is 0 Å². The van der Waals surface area contributed by atoms with E-state index in [-0.39, 0.29) is 30.8 Å². The summed E-state index contributed by atoms with van der Waals surface area (Å²) in [7, 11) is 0. The SMILES string of the molecule is Cc1cc2c(CC(=O)O)cccc2n1C(=O)c1ccc(OCN2CC(C)c3c(F)cccc3O2)cc1. The van der Waals surface area contributed by atoms with Crippen molar-refractivity contribution in [3.05, 3.63) is 94.9 Å². The lowest BCUT2D eigenvalue weighted by Gasteiger charge is -2.32. The van der Waals surface area contributed by atoms with Crippen molar-refractivity contribution in [1.82, 2.24) is 9.63 Å². The van der Waals surface area contributed by atoms with Crippen LogP contribution in [0, 0.1) is 12.7 Å². The number of benzene rings is 3. The first-order valence-corrected chi connectivity index (χ1v) is 11.6. The van der Waals surface area contributed by atoms with Crippen LogP contribution in [-0.4, -0.2) is 39.9 Å². The summed E-state index contributed by atoms with van der Waals surface area (Å²) in [6.45, 7) is 4.38. The van der Waals surface area contributed by atoms with E-state index in [4.69, 9.17) is 9.57 Å². The van der Waals surface area contributed by atoms with Gasteiger partial charge in [-0.1, -0.05) is 25.1 Å². The van der Waals surface area contributed by atoms with Crippen LogP contribution in [0.2, 0.25) is 0 Å². The third kappa shape index (κ3) is 4.43. The van der Waals surface area contributed by atoms with Crippen LogP contribution in [0.25, 0.3) is 10.9 Å². The molecule has 1 N–H and O–H groups in total. The first kappa shape index (κ1) is 23.6. The van der Waals surface area contributed by atoms with E-state index >= 15 is 0 Å².